The van der Waals surface area contributed by atoms with Gasteiger partial charge in [0.25, 0.3) is 0 Å². The van der Waals surface area contributed by atoms with Crippen LogP contribution in [0.25, 0.3) is 0 Å². The summed E-state index contributed by atoms with van der Waals surface area (Å²) in [4.78, 5) is 23.8. The quantitative estimate of drug-likeness (QED) is 0.763. The number of carbonyl (C=O) groups is 2. The van der Waals surface area contributed by atoms with E-state index in [1.165, 1.54) is 38.5 Å². The van der Waals surface area contributed by atoms with Crippen LogP contribution in [0.15, 0.2) is 0 Å². The summed E-state index contributed by atoms with van der Waals surface area (Å²) in [5.74, 6) is -0.311. The van der Waals surface area contributed by atoms with Crippen LogP contribution >= 0.6 is 0 Å². The van der Waals surface area contributed by atoms with E-state index in [0.29, 0.717) is 18.8 Å². The number of nitrogens with one attached hydrogen (secondary N) is 1. The number of hydrogen-bond acceptors (Lipinski definition) is 2. The molecule has 0 spiro atoms. The van der Waals surface area contributed by atoms with Gasteiger partial charge in [-0.25, -0.2) is 0 Å². The Morgan fingerprint density at radius 2 is 1.67 bits per heavy atom. The molecular formula is C17H29NO3. The largest absolute Gasteiger partial charge is 0.481 e. The first-order valence-corrected chi connectivity index (χ1v) is 8.56. The second-order valence-electron chi connectivity index (χ2n) is 7.08. The zero-order valence-electron chi connectivity index (χ0n) is 13.2. The lowest BCUT2D eigenvalue weighted by molar-refractivity contribution is -0.151. The molecule has 120 valence electrons. The molecule has 0 aromatic heterocycles. The Balaban J connectivity index is 1.86. The minimum atomic E-state index is -0.798. The highest BCUT2D eigenvalue weighted by atomic mass is 16.4. The summed E-state index contributed by atoms with van der Waals surface area (Å²) in [6.45, 7) is 2.08. The predicted molar refractivity (Wildman–Crippen MR) is 82.0 cm³/mol. The Hall–Kier alpha value is -1.06. The average molecular weight is 295 g/mol. The number of aliphatic carboxylic acids is 1. The highest BCUT2D eigenvalue weighted by Gasteiger charge is 2.43. The fourth-order valence-electron chi connectivity index (χ4n) is 4.06. The van der Waals surface area contributed by atoms with Crippen LogP contribution in [0.2, 0.25) is 0 Å². The standard InChI is InChI=1S/C17H29NO3/c1-13(14-8-4-2-3-5-9-14)18-15(19)12-17(16(20)21)10-6-7-11-17/h13-14H,2-12H2,1H3,(H,18,19)(H,20,21)/t13-/m1/s1. The van der Waals surface area contributed by atoms with Crippen molar-refractivity contribution in [3.63, 3.8) is 0 Å². The van der Waals surface area contributed by atoms with Gasteiger partial charge in [0.1, 0.15) is 0 Å². The first kappa shape index (κ1) is 16.3. The van der Waals surface area contributed by atoms with Crippen molar-refractivity contribution in [3.8, 4) is 0 Å². The summed E-state index contributed by atoms with van der Waals surface area (Å²) >= 11 is 0. The second-order valence-corrected chi connectivity index (χ2v) is 7.08. The lowest BCUT2D eigenvalue weighted by Crippen LogP contribution is -2.42. The molecule has 2 saturated carbocycles. The van der Waals surface area contributed by atoms with Crippen LogP contribution in [-0.2, 0) is 9.59 Å². The van der Waals surface area contributed by atoms with Gasteiger partial charge in [0.15, 0.2) is 0 Å². The number of rotatable bonds is 5. The summed E-state index contributed by atoms with van der Waals surface area (Å²) in [6.07, 6.45) is 10.8. The molecule has 0 aromatic carbocycles. The van der Waals surface area contributed by atoms with Crippen molar-refractivity contribution < 1.29 is 14.7 Å². The van der Waals surface area contributed by atoms with E-state index in [0.717, 1.165) is 12.8 Å². The Morgan fingerprint density at radius 3 is 2.19 bits per heavy atom. The smallest absolute Gasteiger partial charge is 0.310 e. The van der Waals surface area contributed by atoms with Crippen molar-refractivity contribution in [3.05, 3.63) is 0 Å². The maximum atomic E-state index is 12.3. The molecular weight excluding hydrogens is 266 g/mol. The van der Waals surface area contributed by atoms with Gasteiger partial charge in [-0.2, -0.15) is 0 Å². The minimum absolute atomic E-state index is 0.0731. The van der Waals surface area contributed by atoms with Crippen LogP contribution < -0.4 is 5.32 Å². The van der Waals surface area contributed by atoms with Crippen molar-refractivity contribution in [2.75, 3.05) is 0 Å². The zero-order chi connectivity index (χ0) is 15.3. The molecule has 2 aliphatic carbocycles. The van der Waals surface area contributed by atoms with Crippen LogP contribution in [-0.4, -0.2) is 23.0 Å². The number of carboxylic acids is 1. The van der Waals surface area contributed by atoms with Gasteiger partial charge in [-0.3, -0.25) is 9.59 Å². The Kier molecular flexibility index (Phi) is 5.65. The van der Waals surface area contributed by atoms with Crippen LogP contribution in [0.5, 0.6) is 0 Å². The van der Waals surface area contributed by atoms with Crippen molar-refractivity contribution >= 4 is 11.9 Å². The number of amides is 1. The topological polar surface area (TPSA) is 66.4 Å². The fourth-order valence-corrected chi connectivity index (χ4v) is 4.06. The first-order valence-electron chi connectivity index (χ1n) is 8.56. The summed E-state index contributed by atoms with van der Waals surface area (Å²) in [7, 11) is 0. The molecule has 1 amide bonds. The third kappa shape index (κ3) is 4.21. The molecule has 4 nitrogen and oxygen atoms in total. The van der Waals surface area contributed by atoms with Crippen LogP contribution in [0.1, 0.15) is 77.6 Å². The first-order chi connectivity index (χ1) is 10.0. The fraction of sp³-hybridized carbons (Fsp3) is 0.882. The van der Waals surface area contributed by atoms with Crippen LogP contribution in [0, 0.1) is 11.3 Å². The minimum Gasteiger partial charge on any atom is -0.481 e. The number of hydrogen-bond donors (Lipinski definition) is 2. The average Bonchev–Trinajstić information content (AvgIpc) is 2.74. The molecule has 2 N–H and O–H groups in total. The maximum Gasteiger partial charge on any atom is 0.310 e. The molecule has 0 radical (unpaired) electrons. The molecule has 1 atom stereocenters. The SMILES string of the molecule is C[C@@H](NC(=O)CC1(C(=O)O)CCCC1)C1CCCCCC1. The maximum absolute atomic E-state index is 12.3. The molecule has 0 saturated heterocycles. The summed E-state index contributed by atoms with van der Waals surface area (Å²) in [6, 6.07) is 0.169. The summed E-state index contributed by atoms with van der Waals surface area (Å²) < 4.78 is 0. The van der Waals surface area contributed by atoms with Crippen molar-refractivity contribution in [2.45, 2.75) is 83.6 Å². The highest BCUT2D eigenvalue weighted by Crippen LogP contribution is 2.41. The molecule has 4 heteroatoms. The van der Waals surface area contributed by atoms with E-state index in [4.69, 9.17) is 0 Å². The molecule has 21 heavy (non-hydrogen) atoms. The van der Waals surface area contributed by atoms with E-state index in [2.05, 4.69) is 12.2 Å². The molecule has 0 heterocycles. The van der Waals surface area contributed by atoms with Gasteiger partial charge in [0.2, 0.25) is 5.91 Å². The third-order valence-electron chi connectivity index (χ3n) is 5.51. The van der Waals surface area contributed by atoms with Gasteiger partial charge in [-0.1, -0.05) is 38.5 Å². The lowest BCUT2D eigenvalue weighted by Gasteiger charge is -2.27. The normalized spacial score (nSPS) is 24.2. The Bertz CT molecular complexity index is 366. The van der Waals surface area contributed by atoms with E-state index in [1.807, 2.05) is 0 Å². The molecule has 0 bridgehead atoms. The molecule has 0 unspecified atom stereocenters. The summed E-state index contributed by atoms with van der Waals surface area (Å²) in [5.41, 5.74) is -0.798. The van der Waals surface area contributed by atoms with Gasteiger partial charge < -0.3 is 10.4 Å². The summed E-state index contributed by atoms with van der Waals surface area (Å²) in [5, 5.41) is 12.5. The van der Waals surface area contributed by atoms with Gasteiger partial charge in [-0.05, 0) is 38.5 Å². The van der Waals surface area contributed by atoms with E-state index in [9.17, 15) is 14.7 Å². The van der Waals surface area contributed by atoms with Crippen molar-refractivity contribution in [1.29, 1.82) is 0 Å². The molecule has 2 aliphatic rings. The van der Waals surface area contributed by atoms with Crippen LogP contribution in [0.3, 0.4) is 0 Å². The van der Waals surface area contributed by atoms with E-state index >= 15 is 0 Å². The van der Waals surface area contributed by atoms with E-state index < -0.39 is 11.4 Å². The monoisotopic (exact) mass is 295 g/mol. The second kappa shape index (κ2) is 7.28. The Labute approximate surface area is 127 Å². The van der Waals surface area contributed by atoms with Crippen molar-refractivity contribution in [2.24, 2.45) is 11.3 Å². The van der Waals surface area contributed by atoms with Gasteiger partial charge in [0, 0.05) is 12.5 Å². The molecule has 2 fully saturated rings. The van der Waals surface area contributed by atoms with Crippen LogP contribution in [0.4, 0.5) is 0 Å². The van der Waals surface area contributed by atoms with E-state index in [-0.39, 0.29) is 18.4 Å². The zero-order valence-corrected chi connectivity index (χ0v) is 13.2. The Morgan fingerprint density at radius 1 is 1.10 bits per heavy atom. The molecule has 0 aromatic rings. The number of carbonyl (C=O) groups excluding carboxylic acids is 1. The van der Waals surface area contributed by atoms with Gasteiger partial charge >= 0.3 is 5.97 Å². The highest BCUT2D eigenvalue weighted by molar-refractivity contribution is 5.85. The van der Waals surface area contributed by atoms with Gasteiger partial charge in [-0.15, -0.1) is 0 Å². The third-order valence-corrected chi connectivity index (χ3v) is 5.51. The molecule has 2 rings (SSSR count). The lowest BCUT2D eigenvalue weighted by atomic mass is 9.82. The molecule has 0 aliphatic heterocycles. The van der Waals surface area contributed by atoms with Crippen molar-refractivity contribution in [1.82, 2.24) is 5.32 Å². The predicted octanol–water partition coefficient (Wildman–Crippen LogP) is 3.50. The van der Waals surface area contributed by atoms with E-state index in [1.54, 1.807) is 0 Å². The van der Waals surface area contributed by atoms with Gasteiger partial charge in [0.05, 0.1) is 5.41 Å². The number of carboxylic acid groups (broad SMARTS) is 1.